The van der Waals surface area contributed by atoms with Crippen LogP contribution in [0.25, 0.3) is 11.0 Å². The predicted molar refractivity (Wildman–Crippen MR) is 82.0 cm³/mol. The minimum atomic E-state index is -0.726. The number of carbonyl (C=O) groups is 1. The zero-order valence-electron chi connectivity index (χ0n) is 12.3. The van der Waals surface area contributed by atoms with Gasteiger partial charge in [0.2, 0.25) is 0 Å². The molecule has 5 nitrogen and oxygen atoms in total. The van der Waals surface area contributed by atoms with E-state index in [1.807, 2.05) is 0 Å². The SMILES string of the molecule is C#CCCCCOc1ccc2oc(=O)c(C(=O)OC)cc2c1. The van der Waals surface area contributed by atoms with Crippen molar-refractivity contribution < 1.29 is 18.7 Å². The van der Waals surface area contributed by atoms with Gasteiger partial charge in [0.15, 0.2) is 0 Å². The van der Waals surface area contributed by atoms with Crippen molar-refractivity contribution >= 4 is 16.9 Å². The molecule has 2 rings (SSSR count). The third-order valence-corrected chi connectivity index (χ3v) is 3.09. The van der Waals surface area contributed by atoms with Gasteiger partial charge in [0.05, 0.1) is 13.7 Å². The number of unbranched alkanes of at least 4 members (excludes halogenated alkanes) is 2. The Morgan fingerprint density at radius 2 is 2.14 bits per heavy atom. The molecule has 0 saturated carbocycles. The second kappa shape index (κ2) is 7.32. The normalized spacial score (nSPS) is 10.2. The highest BCUT2D eigenvalue weighted by Crippen LogP contribution is 2.21. The molecule has 1 aromatic heterocycles. The summed E-state index contributed by atoms with van der Waals surface area (Å²) in [6.07, 6.45) is 7.68. The van der Waals surface area contributed by atoms with Crippen LogP contribution < -0.4 is 10.4 Å². The summed E-state index contributed by atoms with van der Waals surface area (Å²) in [4.78, 5) is 23.2. The first-order valence-electron chi connectivity index (χ1n) is 6.88. The third-order valence-electron chi connectivity index (χ3n) is 3.09. The predicted octanol–water partition coefficient (Wildman–Crippen LogP) is 2.76. The number of fused-ring (bicyclic) bond motifs is 1. The van der Waals surface area contributed by atoms with Crippen LogP contribution in [0.2, 0.25) is 0 Å². The van der Waals surface area contributed by atoms with E-state index in [0.717, 1.165) is 19.3 Å². The van der Waals surface area contributed by atoms with Gasteiger partial charge in [0, 0.05) is 11.8 Å². The van der Waals surface area contributed by atoms with E-state index >= 15 is 0 Å². The summed E-state index contributed by atoms with van der Waals surface area (Å²) in [6, 6.07) is 6.50. The van der Waals surface area contributed by atoms with Gasteiger partial charge < -0.3 is 13.9 Å². The molecule has 5 heteroatoms. The number of ether oxygens (including phenoxy) is 2. The van der Waals surface area contributed by atoms with E-state index in [4.69, 9.17) is 15.6 Å². The molecule has 114 valence electrons. The van der Waals surface area contributed by atoms with Gasteiger partial charge in [-0.05, 0) is 37.1 Å². The van der Waals surface area contributed by atoms with Crippen molar-refractivity contribution in [3.8, 4) is 18.1 Å². The molecular weight excluding hydrogens is 284 g/mol. The number of benzene rings is 1. The van der Waals surface area contributed by atoms with E-state index in [1.54, 1.807) is 18.2 Å². The van der Waals surface area contributed by atoms with Crippen molar-refractivity contribution in [3.63, 3.8) is 0 Å². The molecule has 0 amide bonds. The molecule has 0 bridgehead atoms. The minimum Gasteiger partial charge on any atom is -0.494 e. The van der Waals surface area contributed by atoms with Crippen LogP contribution in [-0.4, -0.2) is 19.7 Å². The van der Waals surface area contributed by atoms with Gasteiger partial charge >= 0.3 is 11.6 Å². The van der Waals surface area contributed by atoms with Gasteiger partial charge in [-0.25, -0.2) is 9.59 Å². The summed E-state index contributed by atoms with van der Waals surface area (Å²) < 4.78 is 15.3. The second-order valence-electron chi connectivity index (χ2n) is 4.65. The van der Waals surface area contributed by atoms with Gasteiger partial charge in [-0.2, -0.15) is 0 Å². The second-order valence-corrected chi connectivity index (χ2v) is 4.65. The fourth-order valence-corrected chi connectivity index (χ4v) is 1.96. The Labute approximate surface area is 127 Å². The summed E-state index contributed by atoms with van der Waals surface area (Å²) in [5.41, 5.74) is -0.471. The van der Waals surface area contributed by atoms with Gasteiger partial charge in [0.1, 0.15) is 16.9 Å². The lowest BCUT2D eigenvalue weighted by molar-refractivity contribution is 0.0596. The summed E-state index contributed by atoms with van der Waals surface area (Å²) in [7, 11) is 1.21. The summed E-state index contributed by atoms with van der Waals surface area (Å²) in [6.45, 7) is 0.549. The Hall–Kier alpha value is -2.74. The number of methoxy groups -OCH3 is 1. The van der Waals surface area contributed by atoms with E-state index in [2.05, 4.69) is 10.7 Å². The van der Waals surface area contributed by atoms with Crippen molar-refractivity contribution in [2.75, 3.05) is 13.7 Å². The maximum absolute atomic E-state index is 11.7. The van der Waals surface area contributed by atoms with E-state index in [1.165, 1.54) is 13.2 Å². The Balaban J connectivity index is 2.18. The first-order valence-corrected chi connectivity index (χ1v) is 6.88. The molecule has 2 aromatic rings. The highest BCUT2D eigenvalue weighted by atomic mass is 16.5. The van der Waals surface area contributed by atoms with Crippen molar-refractivity contribution in [3.05, 3.63) is 40.2 Å². The molecule has 1 heterocycles. The van der Waals surface area contributed by atoms with Crippen LogP contribution in [0.4, 0.5) is 0 Å². The topological polar surface area (TPSA) is 65.7 Å². The van der Waals surface area contributed by atoms with Crippen LogP contribution in [0.15, 0.2) is 33.5 Å². The Morgan fingerprint density at radius 1 is 1.32 bits per heavy atom. The average Bonchev–Trinajstić information content (AvgIpc) is 2.53. The quantitative estimate of drug-likeness (QED) is 0.355. The lowest BCUT2D eigenvalue weighted by atomic mass is 10.2. The summed E-state index contributed by atoms with van der Waals surface area (Å²) >= 11 is 0. The lowest BCUT2D eigenvalue weighted by Crippen LogP contribution is -2.14. The Morgan fingerprint density at radius 3 is 2.86 bits per heavy atom. The highest BCUT2D eigenvalue weighted by Gasteiger charge is 2.14. The fourth-order valence-electron chi connectivity index (χ4n) is 1.96. The summed E-state index contributed by atoms with van der Waals surface area (Å²) in [5, 5.41) is 0.598. The zero-order chi connectivity index (χ0) is 15.9. The molecule has 0 saturated heterocycles. The smallest absolute Gasteiger partial charge is 0.351 e. The molecule has 0 aliphatic rings. The summed E-state index contributed by atoms with van der Waals surface area (Å²) in [5.74, 6) is 2.49. The molecule has 22 heavy (non-hydrogen) atoms. The van der Waals surface area contributed by atoms with Crippen LogP contribution in [0, 0.1) is 12.3 Å². The monoisotopic (exact) mass is 300 g/mol. The Bertz CT molecular complexity index is 767. The Kier molecular flexibility index (Phi) is 5.21. The maximum atomic E-state index is 11.7. The largest absolute Gasteiger partial charge is 0.494 e. The van der Waals surface area contributed by atoms with Crippen LogP contribution in [0.3, 0.4) is 0 Å². The molecular formula is C17H16O5. The average molecular weight is 300 g/mol. The molecule has 0 fully saturated rings. The van der Waals surface area contributed by atoms with Crippen molar-refractivity contribution in [2.24, 2.45) is 0 Å². The first-order chi connectivity index (χ1) is 10.7. The van der Waals surface area contributed by atoms with Crippen molar-refractivity contribution in [1.29, 1.82) is 0 Å². The molecule has 0 spiro atoms. The molecule has 0 aliphatic heterocycles. The molecule has 0 N–H and O–H groups in total. The van der Waals surface area contributed by atoms with Crippen LogP contribution >= 0.6 is 0 Å². The van der Waals surface area contributed by atoms with E-state index in [9.17, 15) is 9.59 Å². The lowest BCUT2D eigenvalue weighted by Gasteiger charge is -2.07. The minimum absolute atomic E-state index is 0.138. The van der Waals surface area contributed by atoms with E-state index in [-0.39, 0.29) is 5.56 Å². The molecule has 0 aliphatic carbocycles. The van der Waals surface area contributed by atoms with Gasteiger partial charge in [-0.1, -0.05) is 0 Å². The number of carbonyl (C=O) groups excluding carboxylic acids is 1. The zero-order valence-corrected chi connectivity index (χ0v) is 12.3. The highest BCUT2D eigenvalue weighted by molar-refractivity contribution is 5.93. The van der Waals surface area contributed by atoms with Crippen LogP contribution in [0.1, 0.15) is 29.6 Å². The maximum Gasteiger partial charge on any atom is 0.351 e. The fraction of sp³-hybridized carbons (Fsp3) is 0.294. The van der Waals surface area contributed by atoms with Gasteiger partial charge in [0.25, 0.3) is 0 Å². The van der Waals surface area contributed by atoms with Crippen LogP contribution in [-0.2, 0) is 4.74 Å². The number of hydrogen-bond donors (Lipinski definition) is 0. The van der Waals surface area contributed by atoms with E-state index < -0.39 is 11.6 Å². The molecule has 0 atom stereocenters. The first kappa shape index (κ1) is 15.6. The molecule has 0 unspecified atom stereocenters. The van der Waals surface area contributed by atoms with Crippen LogP contribution in [0.5, 0.6) is 5.75 Å². The third kappa shape index (κ3) is 3.67. The number of hydrogen-bond acceptors (Lipinski definition) is 5. The van der Waals surface area contributed by atoms with Crippen molar-refractivity contribution in [2.45, 2.75) is 19.3 Å². The number of rotatable bonds is 6. The molecule has 0 radical (unpaired) electrons. The molecule has 1 aromatic carbocycles. The standard InChI is InChI=1S/C17H16O5/c1-3-4-5-6-9-21-13-7-8-15-12(10-13)11-14(16(18)20-2)17(19)22-15/h1,7-8,10-11H,4-6,9H2,2H3. The van der Waals surface area contributed by atoms with E-state index in [0.29, 0.717) is 23.3 Å². The van der Waals surface area contributed by atoms with Gasteiger partial charge in [-0.15, -0.1) is 12.3 Å². The van der Waals surface area contributed by atoms with Crippen molar-refractivity contribution in [1.82, 2.24) is 0 Å². The number of esters is 1. The van der Waals surface area contributed by atoms with Gasteiger partial charge in [-0.3, -0.25) is 0 Å². The number of terminal acetylenes is 1.